The zero-order valence-electron chi connectivity index (χ0n) is 14.9. The van der Waals surface area contributed by atoms with Crippen LogP contribution in [-0.4, -0.2) is 28.6 Å². The molecule has 0 aliphatic rings. The van der Waals surface area contributed by atoms with Crippen molar-refractivity contribution in [1.29, 1.82) is 0 Å². The molecule has 1 amide bonds. The topological polar surface area (TPSA) is 125 Å². The number of nitro benzene ring substituents is 1. The third-order valence-corrected chi connectivity index (χ3v) is 4.81. The number of thiophene rings is 1. The van der Waals surface area contributed by atoms with Crippen molar-refractivity contribution >= 4 is 34.6 Å². The SMILES string of the molecule is CCOC(=O)c1sc(-c2cccc([N+](=O)[O-])c2)cc1NC(=O)c1cc(C)on1. The summed E-state index contributed by atoms with van der Waals surface area (Å²) in [4.78, 5) is 35.9. The largest absolute Gasteiger partial charge is 0.462 e. The van der Waals surface area contributed by atoms with Gasteiger partial charge in [0.1, 0.15) is 10.6 Å². The number of nitrogens with zero attached hydrogens (tertiary/aromatic N) is 2. The second-order valence-corrected chi connectivity index (χ2v) is 6.71. The summed E-state index contributed by atoms with van der Waals surface area (Å²) in [6.45, 7) is 3.49. The van der Waals surface area contributed by atoms with E-state index in [1.807, 2.05) is 0 Å². The Kier molecular flexibility index (Phi) is 5.50. The van der Waals surface area contributed by atoms with Gasteiger partial charge in [-0.3, -0.25) is 14.9 Å². The summed E-state index contributed by atoms with van der Waals surface area (Å²) < 4.78 is 9.93. The van der Waals surface area contributed by atoms with Gasteiger partial charge < -0.3 is 14.6 Å². The van der Waals surface area contributed by atoms with Crippen LogP contribution >= 0.6 is 11.3 Å². The molecule has 9 nitrogen and oxygen atoms in total. The lowest BCUT2D eigenvalue weighted by Gasteiger charge is -2.04. The number of nitro groups is 1. The monoisotopic (exact) mass is 401 g/mol. The molecule has 1 aromatic carbocycles. The summed E-state index contributed by atoms with van der Waals surface area (Å²) in [5.74, 6) is -0.681. The fraction of sp³-hybridized carbons (Fsp3) is 0.167. The molecule has 0 aliphatic carbocycles. The van der Waals surface area contributed by atoms with Crippen molar-refractivity contribution in [3.63, 3.8) is 0 Å². The number of ether oxygens (including phenoxy) is 1. The molecule has 0 fully saturated rings. The Morgan fingerprint density at radius 3 is 2.75 bits per heavy atom. The van der Waals surface area contributed by atoms with Crippen LogP contribution in [0.25, 0.3) is 10.4 Å². The lowest BCUT2D eigenvalue weighted by molar-refractivity contribution is -0.384. The van der Waals surface area contributed by atoms with Crippen LogP contribution < -0.4 is 5.32 Å². The van der Waals surface area contributed by atoms with E-state index in [-0.39, 0.29) is 28.6 Å². The highest BCUT2D eigenvalue weighted by atomic mass is 32.1. The first-order chi connectivity index (χ1) is 13.4. The number of hydrogen-bond acceptors (Lipinski definition) is 8. The summed E-state index contributed by atoms with van der Waals surface area (Å²) >= 11 is 1.07. The van der Waals surface area contributed by atoms with Gasteiger partial charge in [-0.25, -0.2) is 4.79 Å². The molecule has 0 atom stereocenters. The second-order valence-electron chi connectivity index (χ2n) is 5.66. The fourth-order valence-electron chi connectivity index (χ4n) is 2.41. The predicted molar refractivity (Wildman–Crippen MR) is 102 cm³/mol. The van der Waals surface area contributed by atoms with Gasteiger partial charge in [-0.15, -0.1) is 11.3 Å². The van der Waals surface area contributed by atoms with Crippen molar-refractivity contribution in [2.45, 2.75) is 13.8 Å². The molecular formula is C18H15N3O6S. The Morgan fingerprint density at radius 1 is 1.32 bits per heavy atom. The fourth-order valence-corrected chi connectivity index (χ4v) is 3.41. The highest BCUT2D eigenvalue weighted by Gasteiger charge is 2.22. The first kappa shape index (κ1) is 19.2. The molecule has 0 bridgehead atoms. The van der Waals surface area contributed by atoms with Gasteiger partial charge in [-0.2, -0.15) is 0 Å². The highest BCUT2D eigenvalue weighted by molar-refractivity contribution is 7.18. The first-order valence-electron chi connectivity index (χ1n) is 8.19. The minimum atomic E-state index is -0.601. The smallest absolute Gasteiger partial charge is 0.350 e. The molecule has 10 heteroatoms. The molecule has 0 radical (unpaired) electrons. The molecule has 3 aromatic rings. The molecule has 28 heavy (non-hydrogen) atoms. The van der Waals surface area contributed by atoms with Crippen LogP contribution in [0.15, 0.2) is 40.9 Å². The quantitative estimate of drug-likeness (QED) is 0.375. The average Bonchev–Trinajstić information content (AvgIpc) is 3.28. The predicted octanol–water partition coefficient (Wildman–Crippen LogP) is 4.05. The Hall–Kier alpha value is -3.53. The highest BCUT2D eigenvalue weighted by Crippen LogP contribution is 2.36. The molecule has 2 aromatic heterocycles. The van der Waals surface area contributed by atoms with Gasteiger partial charge in [0.2, 0.25) is 0 Å². The zero-order valence-corrected chi connectivity index (χ0v) is 15.7. The van der Waals surface area contributed by atoms with E-state index in [9.17, 15) is 19.7 Å². The summed E-state index contributed by atoms with van der Waals surface area (Å²) in [6, 6.07) is 9.04. The van der Waals surface area contributed by atoms with Gasteiger partial charge >= 0.3 is 5.97 Å². The number of benzene rings is 1. The van der Waals surface area contributed by atoms with E-state index >= 15 is 0 Å². The van der Waals surface area contributed by atoms with E-state index in [0.717, 1.165) is 11.3 Å². The number of anilines is 1. The molecule has 144 valence electrons. The van der Waals surface area contributed by atoms with Crippen LogP contribution in [0.1, 0.15) is 32.8 Å². The molecule has 2 heterocycles. The number of aromatic nitrogens is 1. The Labute approximate surface area is 163 Å². The van der Waals surface area contributed by atoms with Gasteiger partial charge in [0.25, 0.3) is 11.6 Å². The minimum absolute atomic E-state index is 0.0652. The van der Waals surface area contributed by atoms with Crippen LogP contribution in [0.5, 0.6) is 0 Å². The van der Waals surface area contributed by atoms with E-state index in [2.05, 4.69) is 10.5 Å². The van der Waals surface area contributed by atoms with Crippen molar-refractivity contribution in [3.05, 3.63) is 62.8 Å². The second kappa shape index (κ2) is 8.01. The van der Waals surface area contributed by atoms with Crippen LogP contribution in [0.2, 0.25) is 0 Å². The van der Waals surface area contributed by atoms with Crippen molar-refractivity contribution in [1.82, 2.24) is 5.16 Å². The number of carbonyl (C=O) groups is 2. The lowest BCUT2D eigenvalue weighted by Crippen LogP contribution is -2.14. The van der Waals surface area contributed by atoms with E-state index in [4.69, 9.17) is 9.26 Å². The van der Waals surface area contributed by atoms with Crippen LogP contribution in [-0.2, 0) is 4.74 Å². The molecular weight excluding hydrogens is 386 g/mol. The van der Waals surface area contributed by atoms with Crippen molar-refractivity contribution in [2.24, 2.45) is 0 Å². The third kappa shape index (κ3) is 4.07. The summed E-state index contributed by atoms with van der Waals surface area (Å²) in [7, 11) is 0. The van der Waals surface area contributed by atoms with Gasteiger partial charge in [-0.1, -0.05) is 17.3 Å². The Bertz CT molecular complexity index is 1060. The first-order valence-corrected chi connectivity index (χ1v) is 9.01. The number of amides is 1. The van der Waals surface area contributed by atoms with Crippen LogP contribution in [0, 0.1) is 17.0 Å². The average molecular weight is 401 g/mol. The normalized spacial score (nSPS) is 10.5. The minimum Gasteiger partial charge on any atom is -0.462 e. The molecule has 0 saturated heterocycles. The van der Waals surface area contributed by atoms with E-state index in [0.29, 0.717) is 16.2 Å². The maximum absolute atomic E-state index is 12.4. The third-order valence-electron chi connectivity index (χ3n) is 3.64. The molecule has 0 spiro atoms. The molecule has 1 N–H and O–H groups in total. The van der Waals surface area contributed by atoms with Gasteiger partial charge in [0, 0.05) is 23.1 Å². The Balaban J connectivity index is 1.98. The number of esters is 1. The molecule has 0 saturated carbocycles. The number of carbonyl (C=O) groups excluding carboxylic acids is 2. The number of rotatable bonds is 6. The molecule has 0 unspecified atom stereocenters. The van der Waals surface area contributed by atoms with Crippen molar-refractivity contribution in [2.75, 3.05) is 11.9 Å². The number of aryl methyl sites for hydroxylation is 1. The lowest BCUT2D eigenvalue weighted by atomic mass is 10.1. The Morgan fingerprint density at radius 2 is 2.11 bits per heavy atom. The van der Waals surface area contributed by atoms with Gasteiger partial charge in [-0.05, 0) is 25.5 Å². The number of hydrogen-bond donors (Lipinski definition) is 1. The van der Waals surface area contributed by atoms with Gasteiger partial charge in [0.15, 0.2) is 5.69 Å². The van der Waals surface area contributed by atoms with Crippen LogP contribution in [0.4, 0.5) is 11.4 Å². The van der Waals surface area contributed by atoms with E-state index in [1.54, 1.807) is 32.0 Å². The summed E-state index contributed by atoms with van der Waals surface area (Å²) in [5.41, 5.74) is 0.765. The molecule has 0 aliphatic heterocycles. The van der Waals surface area contributed by atoms with Crippen molar-refractivity contribution in [3.8, 4) is 10.4 Å². The van der Waals surface area contributed by atoms with Gasteiger partial charge in [0.05, 0.1) is 17.2 Å². The van der Waals surface area contributed by atoms with E-state index in [1.165, 1.54) is 18.2 Å². The summed E-state index contributed by atoms with van der Waals surface area (Å²) in [5, 5.41) is 17.3. The van der Waals surface area contributed by atoms with E-state index < -0.39 is 16.8 Å². The maximum atomic E-state index is 12.4. The van der Waals surface area contributed by atoms with Crippen LogP contribution in [0.3, 0.4) is 0 Å². The molecule has 3 rings (SSSR count). The number of non-ortho nitro benzene ring substituents is 1. The zero-order chi connectivity index (χ0) is 20.3. The van der Waals surface area contributed by atoms with Crippen molar-refractivity contribution < 1.29 is 23.8 Å². The summed E-state index contributed by atoms with van der Waals surface area (Å²) in [6.07, 6.45) is 0. The maximum Gasteiger partial charge on any atom is 0.350 e. The standard InChI is InChI=1S/C18H15N3O6S/c1-3-26-18(23)16-13(19-17(22)14-7-10(2)27-20-14)9-15(28-16)11-5-4-6-12(8-11)21(24)25/h4-9H,3H2,1-2H3,(H,19,22). The number of nitrogens with one attached hydrogen (secondary N) is 1.